The van der Waals surface area contributed by atoms with Crippen molar-refractivity contribution < 1.29 is 32.2 Å². The van der Waals surface area contributed by atoms with E-state index in [4.69, 9.17) is 9.47 Å². The number of hydrogen-bond donors (Lipinski definition) is 0. The summed E-state index contributed by atoms with van der Waals surface area (Å²) in [5, 5.41) is 0. The summed E-state index contributed by atoms with van der Waals surface area (Å²) in [5.74, 6) is -2.56. The molecule has 2 amide bonds. The van der Waals surface area contributed by atoms with Gasteiger partial charge in [-0.15, -0.1) is 6.58 Å². The number of rotatable bonds is 10. The second kappa shape index (κ2) is 13.2. The third-order valence-electron chi connectivity index (χ3n) is 7.50. The first-order chi connectivity index (χ1) is 21.1. The van der Waals surface area contributed by atoms with E-state index in [-0.39, 0.29) is 25.2 Å². The second-order valence-corrected chi connectivity index (χ2v) is 10.9. The van der Waals surface area contributed by atoms with Crippen molar-refractivity contribution in [1.82, 2.24) is 4.90 Å². The average Bonchev–Trinajstić information content (AvgIpc) is 3.38. The molecule has 1 heterocycles. The fourth-order valence-corrected chi connectivity index (χ4v) is 5.48. The third-order valence-corrected chi connectivity index (χ3v) is 7.50. The molecule has 0 N–H and O–H groups in total. The number of alkyl halides is 3. The fourth-order valence-electron chi connectivity index (χ4n) is 5.48. The van der Waals surface area contributed by atoms with E-state index < -0.39 is 41.4 Å². The first-order valence-electron chi connectivity index (χ1n) is 14.3. The molecule has 0 bridgehead atoms. The van der Waals surface area contributed by atoms with E-state index >= 15 is 13.2 Å². The molecule has 8 heteroatoms. The monoisotopic (exact) mass is 599 g/mol. The molecule has 0 aliphatic carbocycles. The smallest absolute Gasteiger partial charge is 0.420 e. The molecule has 1 saturated heterocycles. The molecule has 0 radical (unpaired) electrons. The minimum Gasteiger partial charge on any atom is -0.488 e. The molecular weight excluding hydrogens is 567 g/mol. The van der Waals surface area contributed by atoms with Gasteiger partial charge in [-0.05, 0) is 59.7 Å². The average molecular weight is 600 g/mol. The summed E-state index contributed by atoms with van der Waals surface area (Å²) in [7, 11) is 0. The molecule has 5 rings (SSSR count). The molecule has 2 atom stereocenters. The van der Waals surface area contributed by atoms with Crippen molar-refractivity contribution in [3.8, 4) is 16.9 Å². The number of cyclic esters (lactones) is 1. The zero-order valence-corrected chi connectivity index (χ0v) is 24.2. The number of amides is 2. The molecule has 0 spiro atoms. The highest BCUT2D eigenvalue weighted by molar-refractivity contribution is 5.98. The van der Waals surface area contributed by atoms with Crippen LogP contribution in [0.15, 0.2) is 115 Å². The topological polar surface area (TPSA) is 55.8 Å². The predicted molar refractivity (Wildman–Crippen MR) is 162 cm³/mol. The number of carbonyl (C=O) groups is 2. The van der Waals surface area contributed by atoms with Crippen molar-refractivity contribution in [3.63, 3.8) is 0 Å². The first kappa shape index (κ1) is 30.6. The van der Waals surface area contributed by atoms with Gasteiger partial charge in [-0.1, -0.05) is 96.6 Å². The number of imide groups is 1. The van der Waals surface area contributed by atoms with Gasteiger partial charge in [0.1, 0.15) is 24.5 Å². The lowest BCUT2D eigenvalue weighted by molar-refractivity contribution is -0.140. The lowest BCUT2D eigenvalue weighted by atomic mass is 9.85. The van der Waals surface area contributed by atoms with Crippen LogP contribution in [0.3, 0.4) is 0 Å². The van der Waals surface area contributed by atoms with Crippen molar-refractivity contribution >= 4 is 12.0 Å². The largest absolute Gasteiger partial charge is 0.488 e. The van der Waals surface area contributed by atoms with Crippen LogP contribution < -0.4 is 4.74 Å². The number of halogens is 3. The van der Waals surface area contributed by atoms with Gasteiger partial charge in [-0.3, -0.25) is 4.79 Å². The van der Waals surface area contributed by atoms with Crippen LogP contribution in [0.1, 0.15) is 41.5 Å². The van der Waals surface area contributed by atoms with Gasteiger partial charge in [0.25, 0.3) is 0 Å². The lowest BCUT2D eigenvalue weighted by Gasteiger charge is -2.28. The highest BCUT2D eigenvalue weighted by Gasteiger charge is 2.45. The summed E-state index contributed by atoms with van der Waals surface area (Å²) in [4.78, 5) is 28.2. The van der Waals surface area contributed by atoms with Crippen LogP contribution in [-0.2, 0) is 28.7 Å². The van der Waals surface area contributed by atoms with Crippen molar-refractivity contribution in [3.05, 3.63) is 138 Å². The Morgan fingerprint density at radius 1 is 0.932 bits per heavy atom. The molecule has 0 saturated carbocycles. The fraction of sp³-hybridized carbons (Fsp3) is 0.222. The van der Waals surface area contributed by atoms with E-state index in [1.807, 2.05) is 30.3 Å². The standard InChI is InChI=1S/C36H32F3NO4/c1-24(2)18-31(34(41)40-29(23-44-35(40)42)19-25-12-6-3-7-13-25)30-20-28(27-16-10-5-11-17-27)21-32(33(30)36(37,38)39)43-22-26-14-8-4-9-15-26/h3-17,20-21,29,31H,1,18-19,22-23H2,2H3. The number of allylic oxidation sites excluding steroid dienone is 1. The van der Waals surface area contributed by atoms with Crippen LogP contribution >= 0.6 is 0 Å². The van der Waals surface area contributed by atoms with Gasteiger partial charge in [-0.25, -0.2) is 9.69 Å². The summed E-state index contributed by atoms with van der Waals surface area (Å²) >= 11 is 0. The van der Waals surface area contributed by atoms with Crippen LogP contribution in [0, 0.1) is 0 Å². The third kappa shape index (κ3) is 7.02. The number of nitrogens with zero attached hydrogens (tertiary/aromatic N) is 1. The van der Waals surface area contributed by atoms with Crippen molar-refractivity contribution in [2.75, 3.05) is 6.61 Å². The number of ether oxygens (including phenoxy) is 2. The molecule has 4 aromatic carbocycles. The van der Waals surface area contributed by atoms with E-state index in [9.17, 15) is 9.59 Å². The Morgan fingerprint density at radius 2 is 1.52 bits per heavy atom. The van der Waals surface area contributed by atoms with Gasteiger partial charge in [-0.2, -0.15) is 13.2 Å². The molecule has 226 valence electrons. The summed E-state index contributed by atoms with van der Waals surface area (Å²) in [5.41, 5.74) is 1.79. The second-order valence-electron chi connectivity index (χ2n) is 10.9. The Labute approximate surface area is 254 Å². The maximum atomic E-state index is 15.0. The lowest BCUT2D eigenvalue weighted by Crippen LogP contribution is -2.43. The molecule has 44 heavy (non-hydrogen) atoms. The van der Waals surface area contributed by atoms with Crippen LogP contribution in [0.25, 0.3) is 11.1 Å². The molecule has 1 aliphatic rings. The summed E-state index contributed by atoms with van der Waals surface area (Å²) < 4.78 is 56.2. The Hall–Kier alpha value is -4.85. The van der Waals surface area contributed by atoms with E-state index in [1.54, 1.807) is 67.6 Å². The van der Waals surface area contributed by atoms with E-state index in [1.165, 1.54) is 12.1 Å². The van der Waals surface area contributed by atoms with Crippen LogP contribution in [0.4, 0.5) is 18.0 Å². The number of carbonyl (C=O) groups excluding carboxylic acids is 2. The number of benzene rings is 4. The molecule has 0 aromatic heterocycles. The maximum Gasteiger partial charge on any atom is 0.420 e. The molecule has 5 nitrogen and oxygen atoms in total. The molecule has 2 unspecified atom stereocenters. The number of hydrogen-bond acceptors (Lipinski definition) is 4. The van der Waals surface area contributed by atoms with Gasteiger partial charge in [0.2, 0.25) is 5.91 Å². The zero-order chi connectivity index (χ0) is 31.3. The minimum absolute atomic E-state index is 0.0547. The molecular formula is C36H32F3NO4. The first-order valence-corrected chi connectivity index (χ1v) is 14.3. The van der Waals surface area contributed by atoms with Gasteiger partial charge >= 0.3 is 12.3 Å². The zero-order valence-electron chi connectivity index (χ0n) is 24.2. The van der Waals surface area contributed by atoms with E-state index in [2.05, 4.69) is 6.58 Å². The Morgan fingerprint density at radius 3 is 2.11 bits per heavy atom. The highest BCUT2D eigenvalue weighted by atomic mass is 19.4. The predicted octanol–water partition coefficient (Wildman–Crippen LogP) is 8.59. The van der Waals surface area contributed by atoms with Gasteiger partial charge in [0, 0.05) is 0 Å². The summed E-state index contributed by atoms with van der Waals surface area (Å²) in [6.07, 6.45) is -5.56. The van der Waals surface area contributed by atoms with Crippen LogP contribution in [-0.4, -0.2) is 29.5 Å². The maximum absolute atomic E-state index is 15.0. The van der Waals surface area contributed by atoms with Crippen molar-refractivity contribution in [2.24, 2.45) is 0 Å². The minimum atomic E-state index is -4.88. The normalized spacial score (nSPS) is 15.5. The molecule has 1 aliphatic heterocycles. The van der Waals surface area contributed by atoms with Gasteiger partial charge < -0.3 is 9.47 Å². The van der Waals surface area contributed by atoms with Crippen LogP contribution in [0.5, 0.6) is 5.75 Å². The SMILES string of the molecule is C=C(C)CC(C(=O)N1C(=O)OCC1Cc1ccccc1)c1cc(-c2ccccc2)cc(OCc2ccccc2)c1C(F)(F)F. The summed E-state index contributed by atoms with van der Waals surface area (Å²) in [6, 6.07) is 29.1. The summed E-state index contributed by atoms with van der Waals surface area (Å²) in [6.45, 7) is 5.38. The van der Waals surface area contributed by atoms with Gasteiger partial charge in [0.15, 0.2) is 0 Å². The van der Waals surface area contributed by atoms with Crippen molar-refractivity contribution in [2.45, 2.75) is 44.5 Å². The van der Waals surface area contributed by atoms with Crippen molar-refractivity contribution in [1.29, 1.82) is 0 Å². The molecule has 1 fully saturated rings. The Balaban J connectivity index is 1.64. The van der Waals surface area contributed by atoms with Gasteiger partial charge in [0.05, 0.1) is 12.0 Å². The van der Waals surface area contributed by atoms with E-state index in [0.29, 0.717) is 28.7 Å². The van der Waals surface area contributed by atoms with E-state index in [0.717, 1.165) is 10.5 Å². The van der Waals surface area contributed by atoms with Crippen LogP contribution in [0.2, 0.25) is 0 Å². The molecule has 4 aromatic rings. The Bertz CT molecular complexity index is 1620. The highest BCUT2D eigenvalue weighted by Crippen LogP contribution is 2.46. The Kier molecular flexibility index (Phi) is 9.18. The quantitative estimate of drug-likeness (QED) is 0.171.